The van der Waals surface area contributed by atoms with Crippen molar-refractivity contribution in [1.82, 2.24) is 10.6 Å². The highest BCUT2D eigenvalue weighted by atomic mass is 35.6. The van der Waals surface area contributed by atoms with Crippen molar-refractivity contribution in [2.75, 3.05) is 5.32 Å². The number of hydrogen-bond donors (Lipinski definition) is 3. The summed E-state index contributed by atoms with van der Waals surface area (Å²) in [5.74, 6) is -0.430. The van der Waals surface area contributed by atoms with Crippen molar-refractivity contribution in [1.29, 1.82) is 0 Å². The highest BCUT2D eigenvalue weighted by molar-refractivity contribution is 7.80. The Bertz CT molecular complexity index is 822. The summed E-state index contributed by atoms with van der Waals surface area (Å²) in [5.41, 5.74) is 2.73. The topological polar surface area (TPSA) is 53.2 Å². The Labute approximate surface area is 178 Å². The number of aryl methyl sites for hydroxylation is 1. The number of carbonyl (C=O) groups is 1. The molecule has 0 saturated heterocycles. The maximum absolute atomic E-state index is 12.2. The van der Waals surface area contributed by atoms with Crippen LogP contribution in [0.25, 0.3) is 6.08 Å². The first-order chi connectivity index (χ1) is 12.7. The molecule has 0 unspecified atom stereocenters. The van der Waals surface area contributed by atoms with Gasteiger partial charge in [0.25, 0.3) is 0 Å². The van der Waals surface area contributed by atoms with E-state index in [-0.39, 0.29) is 5.11 Å². The molecule has 0 aliphatic rings. The van der Waals surface area contributed by atoms with Gasteiger partial charge in [-0.2, -0.15) is 0 Å². The molecule has 0 bridgehead atoms. The Kier molecular flexibility index (Phi) is 7.92. The minimum atomic E-state index is -1.81. The van der Waals surface area contributed by atoms with Crippen LogP contribution in [-0.4, -0.2) is 21.0 Å². The zero-order valence-corrected chi connectivity index (χ0v) is 17.5. The molecular weight excluding hydrogens is 425 g/mol. The van der Waals surface area contributed by atoms with Crippen LogP contribution in [0.3, 0.4) is 0 Å². The van der Waals surface area contributed by atoms with Gasteiger partial charge in [-0.3, -0.25) is 4.79 Å². The van der Waals surface area contributed by atoms with E-state index in [4.69, 9.17) is 47.0 Å². The largest absolute Gasteiger partial charge is 0.339 e. The lowest BCUT2D eigenvalue weighted by Crippen LogP contribution is -2.55. The van der Waals surface area contributed by atoms with Gasteiger partial charge in [0.15, 0.2) is 5.11 Å². The van der Waals surface area contributed by atoms with Crippen LogP contribution in [0.1, 0.15) is 11.1 Å². The van der Waals surface area contributed by atoms with Crippen LogP contribution in [0.15, 0.2) is 60.7 Å². The van der Waals surface area contributed by atoms with Crippen LogP contribution in [0.5, 0.6) is 0 Å². The number of alkyl halides is 3. The number of thiocarbonyl (C=S) groups is 1. The van der Waals surface area contributed by atoms with Crippen molar-refractivity contribution in [3.63, 3.8) is 0 Å². The summed E-state index contributed by atoms with van der Waals surface area (Å²) in [6.07, 6.45) is 1.99. The summed E-state index contributed by atoms with van der Waals surface area (Å²) in [4.78, 5) is 12.2. The average Bonchev–Trinajstić information content (AvgIpc) is 2.59. The Balaban J connectivity index is 1.99. The molecule has 0 aliphatic heterocycles. The Morgan fingerprint density at radius 1 is 1.07 bits per heavy atom. The van der Waals surface area contributed by atoms with Crippen molar-refractivity contribution in [3.8, 4) is 0 Å². The predicted molar refractivity (Wildman–Crippen MR) is 118 cm³/mol. The lowest BCUT2D eigenvalue weighted by atomic mass is 10.2. The lowest BCUT2D eigenvalue weighted by molar-refractivity contribution is -0.117. The van der Waals surface area contributed by atoms with E-state index >= 15 is 0 Å². The monoisotopic (exact) mass is 441 g/mol. The summed E-state index contributed by atoms with van der Waals surface area (Å²) in [7, 11) is 0. The zero-order chi connectivity index (χ0) is 19.9. The molecular formula is C19H18Cl3N3OS. The van der Waals surface area contributed by atoms with Crippen LogP contribution in [0.4, 0.5) is 5.69 Å². The van der Waals surface area contributed by atoms with Gasteiger partial charge in [-0.15, -0.1) is 0 Å². The number of rotatable bonds is 5. The van der Waals surface area contributed by atoms with Gasteiger partial charge in [0.1, 0.15) is 6.17 Å². The van der Waals surface area contributed by atoms with Gasteiger partial charge < -0.3 is 16.0 Å². The summed E-state index contributed by atoms with van der Waals surface area (Å²) < 4.78 is -1.81. The predicted octanol–water partition coefficient (Wildman–Crippen LogP) is 4.81. The van der Waals surface area contributed by atoms with Gasteiger partial charge in [-0.25, -0.2) is 0 Å². The zero-order valence-electron chi connectivity index (χ0n) is 14.4. The number of anilines is 1. The number of carbonyl (C=O) groups excluding carboxylic acids is 1. The van der Waals surface area contributed by atoms with Crippen molar-refractivity contribution >= 4 is 69.8 Å². The van der Waals surface area contributed by atoms with E-state index in [9.17, 15) is 4.79 Å². The van der Waals surface area contributed by atoms with Gasteiger partial charge in [0, 0.05) is 11.8 Å². The number of benzene rings is 2. The molecule has 0 aliphatic carbocycles. The molecule has 4 nitrogen and oxygen atoms in total. The smallest absolute Gasteiger partial charge is 0.245 e. The van der Waals surface area contributed by atoms with E-state index in [1.54, 1.807) is 6.08 Å². The number of amides is 1. The molecule has 1 amide bonds. The SMILES string of the molecule is Cc1cccc(NC(=S)N[C@H](NC(=O)/C=C/c2ccccc2)C(Cl)(Cl)Cl)c1. The fraction of sp³-hybridized carbons (Fsp3) is 0.158. The third-order valence-electron chi connectivity index (χ3n) is 3.39. The van der Waals surface area contributed by atoms with Crippen molar-refractivity contribution in [3.05, 3.63) is 71.8 Å². The quantitative estimate of drug-likeness (QED) is 0.269. The first-order valence-electron chi connectivity index (χ1n) is 7.98. The molecule has 1 atom stereocenters. The molecule has 0 fully saturated rings. The summed E-state index contributed by atoms with van der Waals surface area (Å²) in [6, 6.07) is 17.0. The fourth-order valence-corrected chi connectivity index (χ4v) is 2.71. The van der Waals surface area contributed by atoms with E-state index in [2.05, 4.69) is 16.0 Å². The molecule has 0 heterocycles. The minimum absolute atomic E-state index is 0.212. The first-order valence-corrected chi connectivity index (χ1v) is 9.53. The van der Waals surface area contributed by atoms with Crippen LogP contribution < -0.4 is 16.0 Å². The van der Waals surface area contributed by atoms with E-state index in [1.165, 1.54) is 6.08 Å². The molecule has 0 saturated carbocycles. The van der Waals surface area contributed by atoms with Gasteiger partial charge in [-0.05, 0) is 48.5 Å². The molecule has 142 valence electrons. The molecule has 2 aromatic carbocycles. The number of halogens is 3. The first kappa shape index (κ1) is 21.5. The van der Waals surface area contributed by atoms with Crippen LogP contribution in [-0.2, 0) is 4.79 Å². The summed E-state index contributed by atoms with van der Waals surface area (Å²) in [6.45, 7) is 1.96. The maximum atomic E-state index is 12.2. The van der Waals surface area contributed by atoms with Crippen LogP contribution in [0.2, 0.25) is 0 Å². The number of nitrogens with one attached hydrogen (secondary N) is 3. The van der Waals surface area contributed by atoms with Crippen molar-refractivity contribution in [2.45, 2.75) is 16.9 Å². The Morgan fingerprint density at radius 2 is 1.78 bits per heavy atom. The lowest BCUT2D eigenvalue weighted by Gasteiger charge is -2.27. The maximum Gasteiger partial charge on any atom is 0.245 e. The minimum Gasteiger partial charge on any atom is -0.339 e. The normalized spacial score (nSPS) is 12.4. The van der Waals surface area contributed by atoms with Gasteiger partial charge >= 0.3 is 0 Å². The van der Waals surface area contributed by atoms with E-state index < -0.39 is 15.9 Å². The van der Waals surface area contributed by atoms with Crippen molar-refractivity contribution < 1.29 is 4.79 Å². The summed E-state index contributed by atoms with van der Waals surface area (Å²) in [5, 5.41) is 8.61. The highest BCUT2D eigenvalue weighted by Gasteiger charge is 2.34. The summed E-state index contributed by atoms with van der Waals surface area (Å²) >= 11 is 23.2. The van der Waals surface area contributed by atoms with Crippen molar-refractivity contribution in [2.24, 2.45) is 0 Å². The second kappa shape index (κ2) is 9.95. The number of hydrogen-bond acceptors (Lipinski definition) is 2. The molecule has 2 rings (SSSR count). The molecule has 2 aromatic rings. The second-order valence-corrected chi connectivity index (χ2v) is 8.47. The molecule has 27 heavy (non-hydrogen) atoms. The van der Waals surface area contributed by atoms with Crippen LogP contribution in [0, 0.1) is 6.92 Å². The fourth-order valence-electron chi connectivity index (χ4n) is 2.15. The molecule has 0 radical (unpaired) electrons. The van der Waals surface area contributed by atoms with Gasteiger partial charge in [0.05, 0.1) is 0 Å². The van der Waals surface area contributed by atoms with E-state index in [0.717, 1.165) is 16.8 Å². The van der Waals surface area contributed by atoms with E-state index in [0.29, 0.717) is 0 Å². The van der Waals surface area contributed by atoms with Gasteiger partial charge in [0.2, 0.25) is 9.70 Å². The highest BCUT2D eigenvalue weighted by Crippen LogP contribution is 2.29. The molecule has 8 heteroatoms. The third kappa shape index (κ3) is 7.77. The Hall–Kier alpha value is -1.79. The molecule has 0 spiro atoms. The Morgan fingerprint density at radius 3 is 2.41 bits per heavy atom. The molecule has 0 aromatic heterocycles. The standard InChI is InChI=1S/C19H18Cl3N3OS/c1-13-6-5-9-15(12-13)23-18(27)25-17(19(20,21)22)24-16(26)11-10-14-7-3-2-4-8-14/h2-12,17H,1H3,(H,24,26)(H2,23,25,27)/b11-10+/t17-/m0/s1. The second-order valence-electron chi connectivity index (χ2n) is 5.70. The third-order valence-corrected chi connectivity index (χ3v) is 4.27. The molecule has 3 N–H and O–H groups in total. The van der Waals surface area contributed by atoms with Crippen LogP contribution >= 0.6 is 47.0 Å². The average molecular weight is 443 g/mol. The van der Waals surface area contributed by atoms with E-state index in [1.807, 2.05) is 61.5 Å². The van der Waals surface area contributed by atoms with Gasteiger partial charge in [-0.1, -0.05) is 77.3 Å².